The topological polar surface area (TPSA) is 166 Å². The smallest absolute Gasteiger partial charge is 0.344 e. The number of phosphoric ester groups is 1. The maximum atomic E-state index is 12.2. The van der Waals surface area contributed by atoms with Crippen LogP contribution in [0.2, 0.25) is 0 Å². The Morgan fingerprint density at radius 1 is 1.29 bits per heavy atom. The van der Waals surface area contributed by atoms with Crippen LogP contribution in [0.5, 0.6) is 0 Å². The molecule has 0 spiro atoms. The molecule has 1 aliphatic carbocycles. The lowest BCUT2D eigenvalue weighted by Crippen LogP contribution is -2.36. The number of phosphoric acid groups is 1. The Morgan fingerprint density at radius 2 is 1.93 bits per heavy atom. The zero-order valence-electron chi connectivity index (χ0n) is 15.4. The van der Waals surface area contributed by atoms with E-state index >= 15 is 0 Å². The summed E-state index contributed by atoms with van der Waals surface area (Å²) in [5.41, 5.74) is -1.15. The molecule has 6 atom stereocenters. The lowest BCUT2D eigenvalue weighted by molar-refractivity contribution is -0.161. The standard InChI is InChI=1S/C14H22N2O10P2/c1-14(2)24-11-8(7-23-28(21,22)26-27(3,19)20)6-9(12(11)25-14)16-5-4-10(17)15-13(16)18/h4-5,8-9,11-12H,6-7H2,1-3H3,(H,19,20)(H,21,22)(H,15,17,18). The molecule has 0 bridgehead atoms. The van der Waals surface area contributed by atoms with Crippen LogP contribution in [0.15, 0.2) is 21.9 Å². The normalized spacial score (nSPS) is 33.2. The van der Waals surface area contributed by atoms with E-state index in [2.05, 4.69) is 9.29 Å². The van der Waals surface area contributed by atoms with E-state index in [-0.39, 0.29) is 13.0 Å². The van der Waals surface area contributed by atoms with Gasteiger partial charge in [0.15, 0.2) is 5.79 Å². The molecule has 2 heterocycles. The average Bonchev–Trinajstić information content (AvgIpc) is 2.97. The SMILES string of the molecule is CC1(C)OC2C(COP(=O)(O)OP(C)(=O)O)CC(n3ccc(=O)[nH]c3=O)C2O1. The van der Waals surface area contributed by atoms with Gasteiger partial charge < -0.3 is 19.3 Å². The highest BCUT2D eigenvalue weighted by atomic mass is 31.3. The van der Waals surface area contributed by atoms with Crippen molar-refractivity contribution in [2.24, 2.45) is 5.92 Å². The van der Waals surface area contributed by atoms with Gasteiger partial charge in [0.05, 0.1) is 18.8 Å². The number of nitrogens with one attached hydrogen (secondary N) is 1. The number of aromatic nitrogens is 2. The van der Waals surface area contributed by atoms with E-state index in [1.54, 1.807) is 13.8 Å². The lowest BCUT2D eigenvalue weighted by Gasteiger charge is -2.24. The molecule has 14 heteroatoms. The number of nitrogens with zero attached hydrogens (tertiary/aromatic N) is 1. The van der Waals surface area contributed by atoms with Gasteiger partial charge in [0, 0.05) is 24.8 Å². The van der Waals surface area contributed by atoms with Crippen LogP contribution < -0.4 is 11.2 Å². The van der Waals surface area contributed by atoms with Gasteiger partial charge in [-0.05, 0) is 20.3 Å². The summed E-state index contributed by atoms with van der Waals surface area (Å²) >= 11 is 0. The second-order valence-electron chi connectivity index (χ2n) is 7.29. The van der Waals surface area contributed by atoms with Crippen molar-refractivity contribution in [3.8, 4) is 0 Å². The van der Waals surface area contributed by atoms with Crippen molar-refractivity contribution in [2.45, 2.75) is 44.3 Å². The third-order valence-electron chi connectivity index (χ3n) is 4.47. The Bertz CT molecular complexity index is 950. The molecule has 12 nitrogen and oxygen atoms in total. The van der Waals surface area contributed by atoms with Crippen LogP contribution in [0, 0.1) is 5.92 Å². The van der Waals surface area contributed by atoms with E-state index in [9.17, 15) is 23.6 Å². The molecular weight excluding hydrogens is 418 g/mol. The number of hydrogen-bond donors (Lipinski definition) is 3. The maximum absolute atomic E-state index is 12.2. The molecule has 1 aromatic heterocycles. The van der Waals surface area contributed by atoms with E-state index < -0.39 is 56.6 Å². The average molecular weight is 440 g/mol. The van der Waals surface area contributed by atoms with Crippen molar-refractivity contribution < 1.29 is 37.2 Å². The Kier molecular flexibility index (Phi) is 5.63. The number of H-pyrrole nitrogens is 1. The third-order valence-corrected chi connectivity index (χ3v) is 6.98. The minimum Gasteiger partial charge on any atom is -0.344 e. The molecule has 3 N–H and O–H groups in total. The summed E-state index contributed by atoms with van der Waals surface area (Å²) in [6.45, 7) is 3.81. The minimum absolute atomic E-state index is 0.278. The van der Waals surface area contributed by atoms with E-state index in [1.165, 1.54) is 16.8 Å². The van der Waals surface area contributed by atoms with E-state index in [1.807, 2.05) is 0 Å². The van der Waals surface area contributed by atoms with Crippen molar-refractivity contribution in [2.75, 3.05) is 13.3 Å². The van der Waals surface area contributed by atoms with Gasteiger partial charge in [-0.1, -0.05) is 0 Å². The molecule has 2 aliphatic rings. The van der Waals surface area contributed by atoms with Gasteiger partial charge in [0.1, 0.15) is 6.10 Å². The van der Waals surface area contributed by atoms with Crippen LogP contribution in [0.25, 0.3) is 0 Å². The molecule has 158 valence electrons. The number of rotatable bonds is 6. The van der Waals surface area contributed by atoms with E-state index in [0.717, 1.165) is 6.66 Å². The van der Waals surface area contributed by atoms with Gasteiger partial charge in [-0.25, -0.2) is 13.7 Å². The summed E-state index contributed by atoms with van der Waals surface area (Å²) in [7, 11) is -9.00. The maximum Gasteiger partial charge on any atom is 0.479 e. The summed E-state index contributed by atoms with van der Waals surface area (Å²) in [5.74, 6) is -1.43. The Morgan fingerprint density at radius 3 is 2.54 bits per heavy atom. The molecule has 6 unspecified atom stereocenters. The molecule has 0 amide bonds. The number of fused-ring (bicyclic) bond motifs is 1. The zero-order valence-corrected chi connectivity index (χ0v) is 17.2. The second-order valence-corrected chi connectivity index (χ2v) is 10.7. The highest BCUT2D eigenvalue weighted by molar-refractivity contribution is 7.63. The van der Waals surface area contributed by atoms with Gasteiger partial charge >= 0.3 is 21.1 Å². The first kappa shape index (κ1) is 21.6. The van der Waals surface area contributed by atoms with Crippen LogP contribution in [0.4, 0.5) is 0 Å². The van der Waals surface area contributed by atoms with E-state index in [4.69, 9.17) is 18.9 Å². The molecule has 1 aliphatic heterocycles. The molecule has 0 aromatic carbocycles. The van der Waals surface area contributed by atoms with Gasteiger partial charge in [0.2, 0.25) is 0 Å². The Balaban J connectivity index is 1.81. The van der Waals surface area contributed by atoms with Crippen LogP contribution in [-0.4, -0.2) is 50.6 Å². The molecule has 0 radical (unpaired) electrons. The highest BCUT2D eigenvalue weighted by Crippen LogP contribution is 2.58. The summed E-state index contributed by atoms with van der Waals surface area (Å²) < 4.78 is 45.2. The molecule has 3 rings (SSSR count). The van der Waals surface area contributed by atoms with Crippen molar-refractivity contribution in [1.82, 2.24) is 9.55 Å². The highest BCUT2D eigenvalue weighted by Gasteiger charge is 2.55. The van der Waals surface area contributed by atoms with Gasteiger partial charge in [-0.15, -0.1) is 0 Å². The summed E-state index contributed by atoms with van der Waals surface area (Å²) in [6, 6.07) is 0.690. The number of ether oxygens (including phenoxy) is 2. The molecular formula is C14H22N2O10P2. The molecule has 28 heavy (non-hydrogen) atoms. The predicted molar refractivity (Wildman–Crippen MR) is 94.9 cm³/mol. The zero-order chi connectivity index (χ0) is 20.9. The monoisotopic (exact) mass is 440 g/mol. The van der Waals surface area contributed by atoms with E-state index in [0.29, 0.717) is 0 Å². The Labute approximate surface area is 159 Å². The summed E-state index contributed by atoms with van der Waals surface area (Å²) in [6.07, 6.45) is 0.489. The predicted octanol–water partition coefficient (Wildman–Crippen LogP) is 0.567. The fourth-order valence-corrected chi connectivity index (χ4v) is 5.69. The van der Waals surface area contributed by atoms with Crippen LogP contribution in [-0.2, 0) is 27.4 Å². The number of hydrogen-bond acceptors (Lipinski definition) is 8. The largest absolute Gasteiger partial charge is 0.479 e. The number of aromatic amines is 1. The van der Waals surface area contributed by atoms with Gasteiger partial charge in [0.25, 0.3) is 5.56 Å². The van der Waals surface area contributed by atoms with Crippen LogP contribution in [0.1, 0.15) is 26.3 Å². The Hall–Kier alpha value is -1.10. The van der Waals surface area contributed by atoms with Gasteiger partial charge in [-0.3, -0.25) is 23.4 Å². The third kappa shape index (κ3) is 4.90. The van der Waals surface area contributed by atoms with Crippen LogP contribution in [0.3, 0.4) is 0 Å². The fraction of sp³-hybridized carbons (Fsp3) is 0.714. The van der Waals surface area contributed by atoms with Crippen molar-refractivity contribution >= 4 is 15.4 Å². The minimum atomic E-state index is -4.77. The first-order chi connectivity index (χ1) is 12.8. The lowest BCUT2D eigenvalue weighted by atomic mass is 10.1. The molecule has 2 fully saturated rings. The molecule has 1 saturated carbocycles. The van der Waals surface area contributed by atoms with Crippen LogP contribution >= 0.6 is 15.4 Å². The fourth-order valence-electron chi connectivity index (χ4n) is 3.59. The van der Waals surface area contributed by atoms with Crippen molar-refractivity contribution in [3.05, 3.63) is 33.1 Å². The second kappa shape index (κ2) is 7.30. The van der Waals surface area contributed by atoms with Crippen molar-refractivity contribution in [3.63, 3.8) is 0 Å². The first-order valence-corrected chi connectivity index (χ1v) is 11.9. The van der Waals surface area contributed by atoms with Crippen molar-refractivity contribution in [1.29, 1.82) is 0 Å². The first-order valence-electron chi connectivity index (χ1n) is 8.42. The quantitative estimate of drug-likeness (QED) is 0.532. The molecule has 1 aromatic rings. The molecule has 1 saturated heterocycles. The summed E-state index contributed by atoms with van der Waals surface area (Å²) in [4.78, 5) is 44.4. The summed E-state index contributed by atoms with van der Waals surface area (Å²) in [5, 5.41) is 0. The van der Waals surface area contributed by atoms with Gasteiger partial charge in [-0.2, -0.15) is 0 Å².